The van der Waals surface area contributed by atoms with E-state index in [-0.39, 0.29) is 10.8 Å². The molecule has 4 aromatic heterocycles. The van der Waals surface area contributed by atoms with Gasteiger partial charge in [0.15, 0.2) is 17.5 Å². The van der Waals surface area contributed by atoms with Crippen LogP contribution in [0.2, 0.25) is 0 Å². The van der Waals surface area contributed by atoms with E-state index >= 15 is 0 Å². The monoisotopic (exact) mass is 1120 g/mol. The summed E-state index contributed by atoms with van der Waals surface area (Å²) in [6.07, 6.45) is 4.73. The second-order valence-electron chi connectivity index (χ2n) is 24.4. The molecule has 0 saturated heterocycles. The van der Waals surface area contributed by atoms with Gasteiger partial charge < -0.3 is 9.13 Å². The molecule has 15 aromatic rings. The quantitative estimate of drug-likeness (QED) is 0.151. The summed E-state index contributed by atoms with van der Waals surface area (Å²) in [5, 5.41) is 4.82. The molecule has 0 saturated carbocycles. The van der Waals surface area contributed by atoms with Crippen molar-refractivity contribution in [1.29, 1.82) is 0 Å². The lowest BCUT2D eigenvalue weighted by molar-refractivity contribution is 0.661. The molecule has 2 aliphatic rings. The van der Waals surface area contributed by atoms with E-state index in [1.54, 1.807) is 19.0 Å². The summed E-state index contributed by atoms with van der Waals surface area (Å²) >= 11 is 0. The van der Waals surface area contributed by atoms with Crippen LogP contribution in [0.5, 0.6) is 0 Å². The molecule has 0 amide bonds. The number of aromatic nitrogens is 8. The van der Waals surface area contributed by atoms with Crippen LogP contribution in [0.25, 0.3) is 145 Å². The third kappa shape index (κ3) is 7.77. The summed E-state index contributed by atoms with van der Waals surface area (Å²) in [6, 6.07) is 84.5. The molecule has 0 aliphatic heterocycles. The maximum atomic E-state index is 5.21. The zero-order valence-corrected chi connectivity index (χ0v) is 48.7. The van der Waals surface area contributed by atoms with Gasteiger partial charge in [-0.3, -0.25) is 0 Å². The number of nitrogens with zero attached hydrogens (tertiary/aromatic N) is 8. The Morgan fingerprint density at radius 2 is 0.770 bits per heavy atom. The smallest absolute Gasteiger partial charge is 0.163 e. The zero-order chi connectivity index (χ0) is 58.3. The molecule has 0 N–H and O–H groups in total. The molecular formula is C79H56N8. The third-order valence-electron chi connectivity index (χ3n) is 18.9. The second-order valence-corrected chi connectivity index (χ2v) is 24.4. The van der Waals surface area contributed by atoms with Gasteiger partial charge in [-0.25, -0.2) is 29.9 Å². The zero-order valence-electron chi connectivity index (χ0n) is 48.7. The maximum Gasteiger partial charge on any atom is 0.163 e. The lowest BCUT2D eigenvalue weighted by Crippen LogP contribution is -2.15. The SMILES string of the molecule is Cc1c(-c2ccc3c(c2)c2cc4c(cc2n3-c2ccccc2)C(C)(C)c2ccccc2-4)cccc1-c1ncnc(-c2ccc(-n3c4ccc(-c5cccc(-c6ncncn6)c5)cc4c4cc5c(cc43)C(C)(C)c3cc(-c4ccccc4)ccc3-5)cc2)n1. The van der Waals surface area contributed by atoms with E-state index in [9.17, 15) is 0 Å². The van der Waals surface area contributed by atoms with Gasteiger partial charge in [-0.2, -0.15) is 0 Å². The van der Waals surface area contributed by atoms with Crippen LogP contribution < -0.4 is 0 Å². The first-order chi connectivity index (χ1) is 42.5. The van der Waals surface area contributed by atoms with Gasteiger partial charge >= 0.3 is 0 Å². The molecule has 8 heteroatoms. The van der Waals surface area contributed by atoms with Crippen LogP contribution in [0.4, 0.5) is 0 Å². The summed E-state index contributed by atoms with van der Waals surface area (Å²) in [6.45, 7) is 11.6. The number of hydrogen-bond donors (Lipinski definition) is 0. The minimum absolute atomic E-state index is 0.117. The first kappa shape index (κ1) is 50.5. The molecule has 8 nitrogen and oxygen atoms in total. The van der Waals surface area contributed by atoms with Gasteiger partial charge in [0.1, 0.15) is 19.0 Å². The molecule has 4 heterocycles. The van der Waals surface area contributed by atoms with Gasteiger partial charge in [0, 0.05) is 60.4 Å². The molecule has 0 unspecified atom stereocenters. The molecule has 0 atom stereocenters. The van der Waals surface area contributed by atoms with Gasteiger partial charge in [0.2, 0.25) is 0 Å². The Balaban J connectivity index is 0.750. The van der Waals surface area contributed by atoms with Crippen molar-refractivity contribution in [3.05, 3.63) is 277 Å². The number of rotatable bonds is 8. The van der Waals surface area contributed by atoms with Crippen LogP contribution in [0.15, 0.2) is 250 Å². The van der Waals surface area contributed by atoms with E-state index in [1.807, 2.05) is 6.07 Å². The molecule has 0 radical (unpaired) electrons. The number of fused-ring (bicyclic) bond motifs is 12. The number of para-hydroxylation sites is 1. The van der Waals surface area contributed by atoms with Gasteiger partial charge in [-0.15, -0.1) is 0 Å². The molecule has 17 rings (SSSR count). The van der Waals surface area contributed by atoms with Crippen LogP contribution in [0, 0.1) is 6.92 Å². The number of benzene rings is 11. The molecule has 0 fully saturated rings. The first-order valence-electron chi connectivity index (χ1n) is 29.8. The molecule has 412 valence electrons. The van der Waals surface area contributed by atoms with E-state index < -0.39 is 0 Å². The predicted octanol–water partition coefficient (Wildman–Crippen LogP) is 19.2. The van der Waals surface area contributed by atoms with E-state index in [0.29, 0.717) is 17.5 Å². The molecule has 87 heavy (non-hydrogen) atoms. The minimum Gasteiger partial charge on any atom is -0.309 e. The van der Waals surface area contributed by atoms with Crippen LogP contribution in [-0.2, 0) is 10.8 Å². The minimum atomic E-state index is -0.243. The Bertz CT molecular complexity index is 5330. The van der Waals surface area contributed by atoms with Crippen LogP contribution in [-0.4, -0.2) is 39.0 Å². The average Bonchev–Trinajstić information content (AvgIpc) is 1.61. The van der Waals surface area contributed by atoms with Crippen LogP contribution in [0.3, 0.4) is 0 Å². The molecule has 0 spiro atoms. The Morgan fingerprint density at radius 1 is 0.287 bits per heavy atom. The van der Waals surface area contributed by atoms with Crippen LogP contribution in [0.1, 0.15) is 55.5 Å². The highest BCUT2D eigenvalue weighted by Gasteiger charge is 2.38. The molecule has 2 aliphatic carbocycles. The Morgan fingerprint density at radius 3 is 1.49 bits per heavy atom. The van der Waals surface area contributed by atoms with Crippen LogP contribution >= 0.6 is 0 Å². The van der Waals surface area contributed by atoms with Crippen molar-refractivity contribution >= 4 is 43.6 Å². The van der Waals surface area contributed by atoms with Crippen molar-refractivity contribution < 1.29 is 0 Å². The summed E-state index contributed by atoms with van der Waals surface area (Å²) in [7, 11) is 0. The Labute approximate surface area is 503 Å². The van der Waals surface area contributed by atoms with Crippen molar-refractivity contribution in [3.63, 3.8) is 0 Å². The fourth-order valence-corrected chi connectivity index (χ4v) is 14.5. The largest absolute Gasteiger partial charge is 0.309 e. The van der Waals surface area contributed by atoms with Crippen molar-refractivity contribution in [1.82, 2.24) is 39.0 Å². The summed E-state index contributed by atoms with van der Waals surface area (Å²) in [5.41, 5.74) is 27.9. The van der Waals surface area contributed by atoms with Crippen molar-refractivity contribution in [2.45, 2.75) is 45.4 Å². The predicted molar refractivity (Wildman–Crippen MR) is 354 cm³/mol. The third-order valence-corrected chi connectivity index (χ3v) is 18.9. The van der Waals surface area contributed by atoms with E-state index in [4.69, 9.17) is 15.0 Å². The molecule has 11 aromatic carbocycles. The van der Waals surface area contributed by atoms with Crippen molar-refractivity contribution in [3.8, 4) is 101 Å². The van der Waals surface area contributed by atoms with Crippen molar-refractivity contribution in [2.75, 3.05) is 0 Å². The van der Waals surface area contributed by atoms with Gasteiger partial charge in [0.25, 0.3) is 0 Å². The van der Waals surface area contributed by atoms with Crippen molar-refractivity contribution in [2.24, 2.45) is 0 Å². The fraction of sp³-hybridized carbons (Fsp3) is 0.0886. The highest BCUT2D eigenvalue weighted by atomic mass is 15.0. The van der Waals surface area contributed by atoms with E-state index in [2.05, 4.69) is 283 Å². The lowest BCUT2D eigenvalue weighted by Gasteiger charge is -2.22. The normalized spacial score (nSPS) is 13.5. The molecular weight excluding hydrogens is 1060 g/mol. The number of hydrogen-bond acceptors (Lipinski definition) is 6. The fourth-order valence-electron chi connectivity index (χ4n) is 14.5. The highest BCUT2D eigenvalue weighted by Crippen LogP contribution is 2.54. The van der Waals surface area contributed by atoms with Gasteiger partial charge in [-0.05, 0) is 187 Å². The van der Waals surface area contributed by atoms with Gasteiger partial charge in [-0.1, -0.05) is 161 Å². The van der Waals surface area contributed by atoms with Gasteiger partial charge in [0.05, 0.1) is 22.1 Å². The van der Waals surface area contributed by atoms with E-state index in [1.165, 1.54) is 88.2 Å². The Kier molecular flexibility index (Phi) is 11.1. The topological polar surface area (TPSA) is 87.2 Å². The Hall–Kier alpha value is -11.0. The average molecular weight is 1120 g/mol. The summed E-state index contributed by atoms with van der Waals surface area (Å²) < 4.78 is 4.86. The highest BCUT2D eigenvalue weighted by molar-refractivity contribution is 6.14. The standard InChI is InChI=1S/C79H56N8/c1-47-57(53-30-35-72-64(38-53)66-40-61-59-22-12-13-25-67(59)78(2,3)69(61)42-73(66)86(72)55-20-10-7-11-21-55)23-15-24-58(47)77-84-46-83-76(85-77)49-26-31-56(32-27-49)87-71-34-29-51(50-18-14-19-54(36-50)75-81-44-80-45-82-75)37-63(71)65-41-62-60-33-28-52(48-16-8-6-9-17-48)39-68(60)79(4,5)70(62)43-74(65)87/h6-46H,1-5H3. The molecule has 0 bridgehead atoms. The maximum absolute atomic E-state index is 5.21. The lowest BCUT2D eigenvalue weighted by atomic mass is 9.81. The first-order valence-corrected chi connectivity index (χ1v) is 29.8. The summed E-state index contributed by atoms with van der Waals surface area (Å²) in [5.74, 6) is 1.89. The second kappa shape index (κ2) is 19.0. The van der Waals surface area contributed by atoms with E-state index in [0.717, 1.165) is 66.9 Å². The summed E-state index contributed by atoms with van der Waals surface area (Å²) in [4.78, 5) is 27.8.